The van der Waals surface area contributed by atoms with Gasteiger partial charge in [-0.25, -0.2) is 4.68 Å². The van der Waals surface area contributed by atoms with Crippen LogP contribution in [0, 0.1) is 0 Å². The Hall–Kier alpha value is -1.69. The standard InChI is InChI=1S/C13H14BrN3O2/c14-10-7-16-17(13(10)15)8-9-2-3-11-12(6-9)19-5-1-4-18-11/h2-3,6-7H,1,4-5,8,15H2. The topological polar surface area (TPSA) is 62.3 Å². The van der Waals surface area contributed by atoms with Crippen molar-refractivity contribution in [3.8, 4) is 11.5 Å². The molecule has 0 spiro atoms. The molecule has 0 aliphatic carbocycles. The molecular weight excluding hydrogens is 310 g/mol. The fraction of sp³-hybridized carbons (Fsp3) is 0.308. The second-order valence-electron chi connectivity index (χ2n) is 4.37. The highest BCUT2D eigenvalue weighted by Crippen LogP contribution is 2.31. The molecule has 0 saturated heterocycles. The van der Waals surface area contributed by atoms with Crippen molar-refractivity contribution in [1.82, 2.24) is 9.78 Å². The summed E-state index contributed by atoms with van der Waals surface area (Å²) in [6.45, 7) is 1.99. The van der Waals surface area contributed by atoms with Gasteiger partial charge >= 0.3 is 0 Å². The number of anilines is 1. The maximum Gasteiger partial charge on any atom is 0.161 e. The Morgan fingerprint density at radius 3 is 2.79 bits per heavy atom. The van der Waals surface area contributed by atoms with Gasteiger partial charge in [0.1, 0.15) is 5.82 Å². The molecule has 0 radical (unpaired) electrons. The number of ether oxygens (including phenoxy) is 2. The van der Waals surface area contributed by atoms with Gasteiger partial charge in [0.15, 0.2) is 11.5 Å². The van der Waals surface area contributed by atoms with E-state index in [1.807, 2.05) is 18.2 Å². The van der Waals surface area contributed by atoms with E-state index in [4.69, 9.17) is 15.2 Å². The molecule has 1 aliphatic rings. The van der Waals surface area contributed by atoms with E-state index in [1.54, 1.807) is 10.9 Å². The number of aromatic nitrogens is 2. The molecule has 0 bridgehead atoms. The third-order valence-electron chi connectivity index (χ3n) is 2.98. The molecule has 0 unspecified atom stereocenters. The van der Waals surface area contributed by atoms with Crippen LogP contribution >= 0.6 is 15.9 Å². The summed E-state index contributed by atoms with van der Waals surface area (Å²) in [4.78, 5) is 0. The normalized spacial score (nSPS) is 14.2. The highest BCUT2D eigenvalue weighted by Gasteiger charge is 2.12. The summed E-state index contributed by atoms with van der Waals surface area (Å²) in [5.74, 6) is 2.21. The first-order chi connectivity index (χ1) is 9.24. The Kier molecular flexibility index (Phi) is 3.33. The number of rotatable bonds is 2. The van der Waals surface area contributed by atoms with E-state index in [1.165, 1.54) is 0 Å². The Labute approximate surface area is 119 Å². The van der Waals surface area contributed by atoms with Gasteiger partial charge in [-0.15, -0.1) is 0 Å². The van der Waals surface area contributed by atoms with E-state index in [-0.39, 0.29) is 0 Å². The van der Waals surface area contributed by atoms with Crippen molar-refractivity contribution in [3.05, 3.63) is 34.4 Å². The molecule has 2 aromatic rings. The molecule has 5 nitrogen and oxygen atoms in total. The molecule has 3 rings (SSSR count). The monoisotopic (exact) mass is 323 g/mol. The third-order valence-corrected chi connectivity index (χ3v) is 3.59. The lowest BCUT2D eigenvalue weighted by molar-refractivity contribution is 0.297. The molecule has 1 aliphatic heterocycles. The number of nitrogen functional groups attached to an aromatic ring is 1. The number of nitrogens with two attached hydrogens (primary N) is 1. The molecule has 6 heteroatoms. The molecule has 0 amide bonds. The molecular formula is C13H14BrN3O2. The van der Waals surface area contributed by atoms with E-state index in [0.29, 0.717) is 25.6 Å². The van der Waals surface area contributed by atoms with Crippen LogP contribution in [-0.4, -0.2) is 23.0 Å². The molecule has 19 heavy (non-hydrogen) atoms. The third kappa shape index (κ3) is 2.53. The Bertz CT molecular complexity index is 598. The molecule has 2 N–H and O–H groups in total. The van der Waals surface area contributed by atoms with Crippen LogP contribution in [0.5, 0.6) is 11.5 Å². The van der Waals surface area contributed by atoms with Crippen molar-refractivity contribution < 1.29 is 9.47 Å². The van der Waals surface area contributed by atoms with Gasteiger partial charge in [-0.3, -0.25) is 0 Å². The Balaban J connectivity index is 1.86. The quantitative estimate of drug-likeness (QED) is 0.922. The first-order valence-electron chi connectivity index (χ1n) is 6.09. The molecule has 0 saturated carbocycles. The lowest BCUT2D eigenvalue weighted by atomic mass is 10.2. The minimum atomic E-state index is 0.605. The van der Waals surface area contributed by atoms with E-state index in [9.17, 15) is 0 Å². The first kappa shape index (κ1) is 12.3. The van der Waals surface area contributed by atoms with E-state index in [0.717, 1.165) is 28.0 Å². The molecule has 1 aromatic heterocycles. The van der Waals surface area contributed by atoms with E-state index < -0.39 is 0 Å². The molecule has 2 heterocycles. The van der Waals surface area contributed by atoms with Crippen molar-refractivity contribution >= 4 is 21.7 Å². The zero-order chi connectivity index (χ0) is 13.2. The summed E-state index contributed by atoms with van der Waals surface area (Å²) in [6, 6.07) is 5.92. The second-order valence-corrected chi connectivity index (χ2v) is 5.22. The van der Waals surface area contributed by atoms with Crippen LogP contribution in [0.15, 0.2) is 28.9 Å². The molecule has 100 valence electrons. The van der Waals surface area contributed by atoms with E-state index in [2.05, 4.69) is 21.0 Å². The van der Waals surface area contributed by atoms with Gasteiger partial charge in [-0.1, -0.05) is 6.07 Å². The number of hydrogen-bond donors (Lipinski definition) is 1. The number of hydrogen-bond acceptors (Lipinski definition) is 4. The predicted molar refractivity (Wildman–Crippen MR) is 75.5 cm³/mol. The molecule has 0 atom stereocenters. The van der Waals surface area contributed by atoms with Crippen molar-refractivity contribution in [2.24, 2.45) is 0 Å². The van der Waals surface area contributed by atoms with Crippen molar-refractivity contribution in [3.63, 3.8) is 0 Å². The van der Waals surface area contributed by atoms with Crippen LogP contribution in [0.3, 0.4) is 0 Å². The zero-order valence-corrected chi connectivity index (χ0v) is 11.9. The van der Waals surface area contributed by atoms with E-state index >= 15 is 0 Å². The van der Waals surface area contributed by atoms with Gasteiger partial charge < -0.3 is 15.2 Å². The lowest BCUT2D eigenvalue weighted by Gasteiger charge is -2.10. The summed E-state index contributed by atoms with van der Waals surface area (Å²) in [6.07, 6.45) is 2.60. The highest BCUT2D eigenvalue weighted by molar-refractivity contribution is 9.10. The summed E-state index contributed by atoms with van der Waals surface area (Å²) in [7, 11) is 0. The second kappa shape index (κ2) is 5.13. The van der Waals surface area contributed by atoms with Crippen LogP contribution in [0.4, 0.5) is 5.82 Å². The number of nitrogens with zero attached hydrogens (tertiary/aromatic N) is 2. The van der Waals surface area contributed by atoms with Crippen LogP contribution in [0.2, 0.25) is 0 Å². The van der Waals surface area contributed by atoms with Gasteiger partial charge in [-0.05, 0) is 33.6 Å². The first-order valence-corrected chi connectivity index (χ1v) is 6.88. The van der Waals surface area contributed by atoms with Crippen LogP contribution in [0.25, 0.3) is 0 Å². The average molecular weight is 324 g/mol. The summed E-state index contributed by atoms with van der Waals surface area (Å²) in [5, 5.41) is 4.21. The van der Waals surface area contributed by atoms with Gasteiger partial charge in [0, 0.05) is 6.42 Å². The van der Waals surface area contributed by atoms with Crippen molar-refractivity contribution in [2.45, 2.75) is 13.0 Å². The minimum Gasteiger partial charge on any atom is -0.490 e. The van der Waals surface area contributed by atoms with Gasteiger partial charge in [0.05, 0.1) is 30.4 Å². The molecule has 1 aromatic carbocycles. The zero-order valence-electron chi connectivity index (χ0n) is 10.3. The maximum atomic E-state index is 5.91. The average Bonchev–Trinajstić information content (AvgIpc) is 2.65. The van der Waals surface area contributed by atoms with Crippen LogP contribution < -0.4 is 15.2 Å². The Morgan fingerprint density at radius 2 is 2.05 bits per heavy atom. The fourth-order valence-electron chi connectivity index (χ4n) is 1.98. The largest absolute Gasteiger partial charge is 0.490 e. The fourth-order valence-corrected chi connectivity index (χ4v) is 2.27. The minimum absolute atomic E-state index is 0.605. The number of benzene rings is 1. The maximum absolute atomic E-state index is 5.91. The number of fused-ring (bicyclic) bond motifs is 1. The van der Waals surface area contributed by atoms with Crippen LogP contribution in [0.1, 0.15) is 12.0 Å². The summed E-state index contributed by atoms with van der Waals surface area (Å²) in [5.41, 5.74) is 6.99. The van der Waals surface area contributed by atoms with Gasteiger partial charge in [0.2, 0.25) is 0 Å². The highest BCUT2D eigenvalue weighted by atomic mass is 79.9. The lowest BCUT2D eigenvalue weighted by Crippen LogP contribution is -2.06. The SMILES string of the molecule is Nc1c(Br)cnn1Cc1ccc2c(c1)OCCCO2. The molecule has 0 fully saturated rings. The Morgan fingerprint density at radius 1 is 1.26 bits per heavy atom. The predicted octanol–water partition coefficient (Wildman–Crippen LogP) is 2.44. The van der Waals surface area contributed by atoms with Gasteiger partial charge in [-0.2, -0.15) is 5.10 Å². The number of halogens is 1. The summed E-state index contributed by atoms with van der Waals surface area (Å²) >= 11 is 3.35. The summed E-state index contributed by atoms with van der Waals surface area (Å²) < 4.78 is 13.8. The smallest absolute Gasteiger partial charge is 0.161 e. The van der Waals surface area contributed by atoms with Crippen molar-refractivity contribution in [1.29, 1.82) is 0 Å². The van der Waals surface area contributed by atoms with Gasteiger partial charge in [0.25, 0.3) is 0 Å². The van der Waals surface area contributed by atoms with Crippen LogP contribution in [-0.2, 0) is 6.54 Å². The van der Waals surface area contributed by atoms with Crippen molar-refractivity contribution in [2.75, 3.05) is 18.9 Å².